The van der Waals surface area contributed by atoms with Gasteiger partial charge in [0.25, 0.3) is 5.91 Å². The Bertz CT molecular complexity index is 862. The van der Waals surface area contributed by atoms with Gasteiger partial charge in [-0.1, -0.05) is 23.8 Å². The summed E-state index contributed by atoms with van der Waals surface area (Å²) in [6.07, 6.45) is 3.55. The molecule has 0 unspecified atom stereocenters. The molecule has 1 aliphatic rings. The summed E-state index contributed by atoms with van der Waals surface area (Å²) in [7, 11) is 0. The highest BCUT2D eigenvalue weighted by atomic mass is 16.5. The van der Waals surface area contributed by atoms with Crippen molar-refractivity contribution in [3.8, 4) is 0 Å². The molecule has 4 heteroatoms. The van der Waals surface area contributed by atoms with Crippen molar-refractivity contribution in [2.75, 3.05) is 5.32 Å². The number of benzene rings is 2. The Morgan fingerprint density at radius 3 is 2.26 bits per heavy atom. The normalized spacial score (nSPS) is 14.2. The lowest BCUT2D eigenvalue weighted by atomic mass is 9.90. The number of esters is 1. The van der Waals surface area contributed by atoms with Crippen LogP contribution in [0.15, 0.2) is 30.3 Å². The fourth-order valence-electron chi connectivity index (χ4n) is 3.74. The molecule has 0 heterocycles. The molecule has 142 valence electrons. The third kappa shape index (κ3) is 4.38. The predicted molar refractivity (Wildman–Crippen MR) is 107 cm³/mol. The van der Waals surface area contributed by atoms with E-state index in [0.29, 0.717) is 5.56 Å². The van der Waals surface area contributed by atoms with Gasteiger partial charge in [-0.25, -0.2) is 4.79 Å². The second-order valence-corrected chi connectivity index (χ2v) is 7.50. The highest BCUT2D eigenvalue weighted by Crippen LogP contribution is 2.24. The summed E-state index contributed by atoms with van der Waals surface area (Å²) in [4.78, 5) is 25.0. The number of aryl methyl sites for hydroxylation is 5. The number of nitrogens with one attached hydrogen (secondary N) is 1. The zero-order valence-corrected chi connectivity index (χ0v) is 16.5. The number of carbonyl (C=O) groups is 2. The zero-order chi connectivity index (χ0) is 19.6. The van der Waals surface area contributed by atoms with Crippen molar-refractivity contribution in [2.45, 2.75) is 59.5 Å². The van der Waals surface area contributed by atoms with E-state index in [4.69, 9.17) is 4.74 Å². The van der Waals surface area contributed by atoms with Crippen molar-refractivity contribution in [1.82, 2.24) is 0 Å². The lowest BCUT2D eigenvalue weighted by Gasteiger charge is -2.18. The van der Waals surface area contributed by atoms with Crippen LogP contribution in [0.5, 0.6) is 0 Å². The van der Waals surface area contributed by atoms with E-state index in [9.17, 15) is 9.59 Å². The van der Waals surface area contributed by atoms with Crippen LogP contribution in [-0.2, 0) is 22.4 Å². The van der Waals surface area contributed by atoms with Gasteiger partial charge in [-0.05, 0) is 87.8 Å². The summed E-state index contributed by atoms with van der Waals surface area (Å²) >= 11 is 0. The average Bonchev–Trinajstić information content (AvgIpc) is 2.63. The third-order valence-corrected chi connectivity index (χ3v) is 5.16. The second-order valence-electron chi connectivity index (χ2n) is 7.50. The van der Waals surface area contributed by atoms with E-state index < -0.39 is 12.1 Å². The van der Waals surface area contributed by atoms with Crippen LogP contribution in [0.2, 0.25) is 0 Å². The van der Waals surface area contributed by atoms with E-state index >= 15 is 0 Å². The quantitative estimate of drug-likeness (QED) is 0.801. The van der Waals surface area contributed by atoms with Gasteiger partial charge in [0.1, 0.15) is 0 Å². The first-order valence-corrected chi connectivity index (χ1v) is 9.56. The minimum absolute atomic E-state index is 0.323. The molecule has 2 aromatic rings. The first kappa shape index (κ1) is 19.2. The smallest absolute Gasteiger partial charge is 0.338 e. The fraction of sp³-hybridized carbons (Fsp3) is 0.391. The summed E-state index contributed by atoms with van der Waals surface area (Å²) in [5, 5.41) is 2.90. The van der Waals surface area contributed by atoms with E-state index in [1.54, 1.807) is 13.0 Å². The van der Waals surface area contributed by atoms with Crippen LogP contribution in [-0.4, -0.2) is 18.0 Å². The molecule has 0 aromatic heterocycles. The first-order valence-electron chi connectivity index (χ1n) is 9.56. The van der Waals surface area contributed by atoms with Crippen LogP contribution in [0.3, 0.4) is 0 Å². The average molecular weight is 365 g/mol. The summed E-state index contributed by atoms with van der Waals surface area (Å²) in [5.74, 6) is -0.778. The van der Waals surface area contributed by atoms with Crippen LogP contribution >= 0.6 is 0 Å². The summed E-state index contributed by atoms with van der Waals surface area (Å²) in [6, 6.07) is 9.76. The Morgan fingerprint density at radius 2 is 1.59 bits per heavy atom. The number of hydrogen-bond acceptors (Lipinski definition) is 3. The van der Waals surface area contributed by atoms with Crippen molar-refractivity contribution < 1.29 is 14.3 Å². The molecule has 0 bridgehead atoms. The van der Waals surface area contributed by atoms with Gasteiger partial charge in [-0.2, -0.15) is 0 Å². The van der Waals surface area contributed by atoms with Crippen LogP contribution < -0.4 is 5.32 Å². The Hall–Kier alpha value is -2.62. The molecule has 27 heavy (non-hydrogen) atoms. The second kappa shape index (κ2) is 7.95. The molecule has 1 amide bonds. The number of anilines is 1. The van der Waals surface area contributed by atoms with Gasteiger partial charge in [0.15, 0.2) is 6.10 Å². The largest absolute Gasteiger partial charge is 0.449 e. The minimum Gasteiger partial charge on any atom is -0.449 e. The highest BCUT2D eigenvalue weighted by Gasteiger charge is 2.21. The number of carbonyl (C=O) groups excluding carboxylic acids is 2. The number of fused-ring (bicyclic) bond motifs is 1. The molecule has 1 N–H and O–H groups in total. The van der Waals surface area contributed by atoms with Crippen LogP contribution in [0.25, 0.3) is 0 Å². The molecule has 0 saturated heterocycles. The van der Waals surface area contributed by atoms with Gasteiger partial charge in [0, 0.05) is 5.69 Å². The molecule has 4 nitrogen and oxygen atoms in total. The SMILES string of the molecule is Cc1cc(C)c(NC(=O)[C@H](C)OC(=O)c2ccc3c(c2)CCCC3)c(C)c1. The van der Waals surface area contributed by atoms with Gasteiger partial charge in [0.2, 0.25) is 0 Å². The molecule has 3 rings (SSSR count). The fourth-order valence-corrected chi connectivity index (χ4v) is 3.74. The van der Waals surface area contributed by atoms with E-state index in [-0.39, 0.29) is 5.91 Å². The van der Waals surface area contributed by atoms with Gasteiger partial charge in [-0.3, -0.25) is 4.79 Å². The molecule has 0 radical (unpaired) electrons. The molecule has 0 fully saturated rings. The highest BCUT2D eigenvalue weighted by molar-refractivity contribution is 5.98. The molecule has 0 aliphatic heterocycles. The van der Waals surface area contributed by atoms with Crippen LogP contribution in [0.4, 0.5) is 5.69 Å². The maximum absolute atomic E-state index is 12.5. The number of hydrogen-bond donors (Lipinski definition) is 1. The maximum Gasteiger partial charge on any atom is 0.338 e. The van der Waals surface area contributed by atoms with Crippen LogP contribution in [0, 0.1) is 20.8 Å². The molecular formula is C23H27NO3. The van der Waals surface area contributed by atoms with Crippen molar-refractivity contribution in [2.24, 2.45) is 0 Å². The zero-order valence-electron chi connectivity index (χ0n) is 16.5. The lowest BCUT2D eigenvalue weighted by Crippen LogP contribution is -2.30. The topological polar surface area (TPSA) is 55.4 Å². The summed E-state index contributed by atoms with van der Waals surface area (Å²) in [6.45, 7) is 7.54. The third-order valence-electron chi connectivity index (χ3n) is 5.16. The lowest BCUT2D eigenvalue weighted by molar-refractivity contribution is -0.123. The number of amides is 1. The number of ether oxygens (including phenoxy) is 1. The van der Waals surface area contributed by atoms with Crippen molar-refractivity contribution in [3.05, 3.63) is 63.7 Å². The molecular weight excluding hydrogens is 338 g/mol. The van der Waals surface area contributed by atoms with E-state index in [0.717, 1.165) is 41.6 Å². The van der Waals surface area contributed by atoms with E-state index in [1.807, 2.05) is 45.0 Å². The Balaban J connectivity index is 1.67. The Labute approximate surface area is 160 Å². The molecule has 0 spiro atoms. The Morgan fingerprint density at radius 1 is 0.963 bits per heavy atom. The maximum atomic E-state index is 12.5. The Kier molecular flexibility index (Phi) is 5.64. The van der Waals surface area contributed by atoms with Crippen molar-refractivity contribution in [3.63, 3.8) is 0 Å². The van der Waals surface area contributed by atoms with Gasteiger partial charge < -0.3 is 10.1 Å². The van der Waals surface area contributed by atoms with E-state index in [1.165, 1.54) is 17.5 Å². The van der Waals surface area contributed by atoms with Crippen molar-refractivity contribution in [1.29, 1.82) is 0 Å². The molecule has 0 saturated carbocycles. The standard InChI is InChI=1S/C23H27NO3/c1-14-11-15(2)21(16(3)12-14)24-22(25)17(4)27-23(26)20-10-9-18-7-5-6-8-19(18)13-20/h9-13,17H,5-8H2,1-4H3,(H,24,25)/t17-/m0/s1. The molecule has 1 atom stereocenters. The first-order chi connectivity index (χ1) is 12.8. The van der Waals surface area contributed by atoms with Crippen molar-refractivity contribution >= 4 is 17.6 Å². The summed E-state index contributed by atoms with van der Waals surface area (Å²) < 4.78 is 5.41. The number of rotatable bonds is 4. The molecule has 2 aromatic carbocycles. The van der Waals surface area contributed by atoms with E-state index in [2.05, 4.69) is 5.32 Å². The molecule has 1 aliphatic carbocycles. The minimum atomic E-state index is -0.867. The van der Waals surface area contributed by atoms with Crippen LogP contribution in [0.1, 0.15) is 57.9 Å². The predicted octanol–water partition coefficient (Wildman–Crippen LogP) is 4.67. The van der Waals surface area contributed by atoms with Gasteiger partial charge in [0.05, 0.1) is 5.56 Å². The monoisotopic (exact) mass is 365 g/mol. The summed E-state index contributed by atoms with van der Waals surface area (Å²) in [5.41, 5.74) is 6.96. The van der Waals surface area contributed by atoms with Gasteiger partial charge in [-0.15, -0.1) is 0 Å². The van der Waals surface area contributed by atoms with Gasteiger partial charge >= 0.3 is 5.97 Å².